The molecule has 0 fully saturated rings. The summed E-state index contributed by atoms with van der Waals surface area (Å²) in [7, 11) is -4.06. The van der Waals surface area contributed by atoms with Gasteiger partial charge in [-0.1, -0.05) is 67.6 Å². The van der Waals surface area contributed by atoms with Crippen molar-refractivity contribution in [3.8, 4) is 5.75 Å². The molecule has 4 aromatic rings. The van der Waals surface area contributed by atoms with Crippen LogP contribution in [0.3, 0.4) is 0 Å². The lowest BCUT2D eigenvalue weighted by Crippen LogP contribution is -2.44. The Morgan fingerprint density at radius 1 is 1.00 bits per heavy atom. The van der Waals surface area contributed by atoms with E-state index in [1.165, 1.54) is 12.1 Å². The SMILES string of the molecule is CCCCCCc1cc2c3c(c(=O)oc2cc1OC(=O)[C@@H](Cc1ccc(Cl)cc1)NS(=O)(=O)c1ccc(C)cc1)CCC3. The van der Waals surface area contributed by atoms with Crippen LogP contribution in [-0.2, 0) is 40.5 Å². The van der Waals surface area contributed by atoms with E-state index in [0.29, 0.717) is 29.0 Å². The number of hydrogen-bond donors (Lipinski definition) is 1. The summed E-state index contributed by atoms with van der Waals surface area (Å²) < 4.78 is 40.9. The second kappa shape index (κ2) is 13.5. The van der Waals surface area contributed by atoms with Gasteiger partial charge in [-0.05, 0) is 92.5 Å². The molecule has 43 heavy (non-hydrogen) atoms. The highest BCUT2D eigenvalue weighted by Gasteiger charge is 2.29. The van der Waals surface area contributed by atoms with Gasteiger partial charge in [-0.25, -0.2) is 18.0 Å². The zero-order valence-corrected chi connectivity index (χ0v) is 26.0. The highest BCUT2D eigenvalue weighted by molar-refractivity contribution is 7.89. The molecule has 5 rings (SSSR count). The van der Waals surface area contributed by atoms with Gasteiger partial charge in [-0.2, -0.15) is 4.72 Å². The molecule has 1 aromatic heterocycles. The average Bonchev–Trinajstić information content (AvgIpc) is 3.48. The molecule has 0 saturated heterocycles. The van der Waals surface area contributed by atoms with Crippen LogP contribution < -0.4 is 15.1 Å². The standard InChI is InChI=1S/C34H36ClNO6S/c1-3-4-5-6-8-24-20-29-27-9-7-10-28(27)33(37)42-32(29)21-31(24)41-34(38)30(19-23-13-15-25(35)16-14-23)36-43(39,40)26-17-11-22(2)12-18-26/h11-18,20-21,30,36H,3-10,19H2,1-2H3/t30-/m1/s1. The van der Waals surface area contributed by atoms with E-state index in [9.17, 15) is 18.0 Å². The molecule has 1 atom stereocenters. The third-order valence-electron chi connectivity index (χ3n) is 7.93. The fourth-order valence-electron chi connectivity index (χ4n) is 5.57. The van der Waals surface area contributed by atoms with E-state index in [-0.39, 0.29) is 22.7 Å². The van der Waals surface area contributed by atoms with Gasteiger partial charge >= 0.3 is 11.6 Å². The molecule has 0 unspecified atom stereocenters. The third kappa shape index (κ3) is 7.37. The predicted molar refractivity (Wildman–Crippen MR) is 168 cm³/mol. The van der Waals surface area contributed by atoms with Crippen molar-refractivity contribution in [3.63, 3.8) is 0 Å². The van der Waals surface area contributed by atoms with Gasteiger partial charge in [0.25, 0.3) is 0 Å². The summed E-state index contributed by atoms with van der Waals surface area (Å²) in [6.07, 6.45) is 7.22. The van der Waals surface area contributed by atoms with Gasteiger partial charge in [-0.15, -0.1) is 0 Å². The molecule has 0 aliphatic heterocycles. The Bertz CT molecular complexity index is 1780. The summed E-state index contributed by atoms with van der Waals surface area (Å²) in [5.41, 5.74) is 4.17. The summed E-state index contributed by atoms with van der Waals surface area (Å²) >= 11 is 6.06. The largest absolute Gasteiger partial charge is 0.425 e. The van der Waals surface area contributed by atoms with Crippen LogP contribution in [0.15, 0.2) is 74.8 Å². The Balaban J connectivity index is 1.50. The van der Waals surface area contributed by atoms with Gasteiger partial charge in [0.1, 0.15) is 17.4 Å². The van der Waals surface area contributed by atoms with Crippen molar-refractivity contribution < 1.29 is 22.4 Å². The average molecular weight is 622 g/mol. The number of fused-ring (bicyclic) bond motifs is 3. The number of carbonyl (C=O) groups is 1. The van der Waals surface area contributed by atoms with Crippen LogP contribution in [0, 0.1) is 6.92 Å². The fourth-order valence-corrected chi connectivity index (χ4v) is 6.88. The van der Waals surface area contributed by atoms with Crippen LogP contribution in [0.2, 0.25) is 5.02 Å². The van der Waals surface area contributed by atoms with Crippen molar-refractivity contribution >= 4 is 38.6 Å². The van der Waals surface area contributed by atoms with Gasteiger partial charge in [0, 0.05) is 22.0 Å². The number of ether oxygens (including phenoxy) is 1. The number of esters is 1. The molecule has 0 saturated carbocycles. The normalized spacial score (nSPS) is 13.7. The molecule has 1 aliphatic rings. The van der Waals surface area contributed by atoms with Crippen LogP contribution in [0.1, 0.15) is 66.8 Å². The van der Waals surface area contributed by atoms with E-state index < -0.39 is 22.0 Å². The molecule has 1 aliphatic carbocycles. The minimum absolute atomic E-state index is 0.0447. The van der Waals surface area contributed by atoms with Crippen molar-refractivity contribution in [1.82, 2.24) is 4.72 Å². The van der Waals surface area contributed by atoms with Gasteiger partial charge in [0.15, 0.2) is 0 Å². The van der Waals surface area contributed by atoms with Gasteiger partial charge < -0.3 is 9.15 Å². The maximum atomic E-state index is 13.8. The first kappa shape index (κ1) is 31.0. The molecule has 1 N–H and O–H groups in total. The summed E-state index contributed by atoms with van der Waals surface area (Å²) in [5.74, 6) is -0.492. The van der Waals surface area contributed by atoms with Crippen LogP contribution in [0.5, 0.6) is 5.75 Å². The lowest BCUT2D eigenvalue weighted by Gasteiger charge is -2.20. The number of sulfonamides is 1. The monoisotopic (exact) mass is 621 g/mol. The second-order valence-corrected chi connectivity index (χ2v) is 13.4. The van der Waals surface area contributed by atoms with Crippen molar-refractivity contribution in [3.05, 3.63) is 104 Å². The van der Waals surface area contributed by atoms with Gasteiger partial charge in [-0.3, -0.25) is 0 Å². The molecular formula is C34H36ClNO6S. The maximum Gasteiger partial charge on any atom is 0.339 e. The molecule has 1 heterocycles. The Morgan fingerprint density at radius 3 is 2.44 bits per heavy atom. The number of hydrogen-bond acceptors (Lipinski definition) is 6. The first-order valence-corrected chi connectivity index (χ1v) is 16.7. The highest BCUT2D eigenvalue weighted by atomic mass is 35.5. The van der Waals surface area contributed by atoms with E-state index in [2.05, 4.69) is 11.6 Å². The maximum absolute atomic E-state index is 13.8. The number of rotatable bonds is 12. The molecule has 0 amide bonds. The fraction of sp³-hybridized carbons (Fsp3) is 0.353. The van der Waals surface area contributed by atoms with E-state index >= 15 is 0 Å². The van der Waals surface area contributed by atoms with Crippen molar-refractivity contribution in [2.45, 2.75) is 82.6 Å². The Morgan fingerprint density at radius 2 is 1.72 bits per heavy atom. The molecule has 0 spiro atoms. The Kier molecular flexibility index (Phi) is 9.69. The van der Waals surface area contributed by atoms with Crippen LogP contribution >= 0.6 is 11.6 Å². The number of benzene rings is 3. The molecule has 7 nitrogen and oxygen atoms in total. The smallest absolute Gasteiger partial charge is 0.339 e. The highest BCUT2D eigenvalue weighted by Crippen LogP contribution is 2.33. The minimum Gasteiger partial charge on any atom is -0.425 e. The molecule has 226 valence electrons. The number of aryl methyl sites for hydroxylation is 3. The lowest BCUT2D eigenvalue weighted by molar-refractivity contribution is -0.136. The van der Waals surface area contributed by atoms with E-state index in [1.807, 2.05) is 13.0 Å². The molecule has 9 heteroatoms. The zero-order valence-electron chi connectivity index (χ0n) is 24.5. The number of halogens is 1. The predicted octanol–water partition coefficient (Wildman–Crippen LogP) is 6.86. The molecular weight excluding hydrogens is 586 g/mol. The van der Waals surface area contributed by atoms with Crippen molar-refractivity contribution in [1.29, 1.82) is 0 Å². The molecule has 3 aromatic carbocycles. The topological polar surface area (TPSA) is 103 Å². The van der Waals surface area contributed by atoms with Crippen LogP contribution in [0.4, 0.5) is 0 Å². The Hall–Kier alpha value is -3.46. The summed E-state index contributed by atoms with van der Waals surface area (Å²) in [5, 5.41) is 1.40. The third-order valence-corrected chi connectivity index (χ3v) is 9.67. The van der Waals surface area contributed by atoms with E-state index in [1.54, 1.807) is 42.5 Å². The molecule has 0 bridgehead atoms. The zero-order chi connectivity index (χ0) is 30.6. The summed E-state index contributed by atoms with van der Waals surface area (Å²) in [4.78, 5) is 26.5. The van der Waals surface area contributed by atoms with Gasteiger partial charge in [0.05, 0.1) is 4.90 Å². The quantitative estimate of drug-likeness (QED) is 0.0802. The number of nitrogens with one attached hydrogen (secondary N) is 1. The van der Waals surface area contributed by atoms with Crippen LogP contribution in [0.25, 0.3) is 11.0 Å². The second-order valence-electron chi connectivity index (χ2n) is 11.2. The first-order valence-electron chi connectivity index (χ1n) is 14.8. The number of unbranched alkanes of at least 4 members (excludes halogenated alkanes) is 3. The minimum atomic E-state index is -4.06. The number of carbonyl (C=O) groups excluding carboxylic acids is 1. The van der Waals surface area contributed by atoms with Crippen molar-refractivity contribution in [2.75, 3.05) is 0 Å². The lowest BCUT2D eigenvalue weighted by atomic mass is 9.99. The van der Waals surface area contributed by atoms with Crippen LogP contribution in [-0.4, -0.2) is 20.4 Å². The summed E-state index contributed by atoms with van der Waals surface area (Å²) in [6.45, 7) is 4.01. The Labute approximate surface area is 257 Å². The van der Waals surface area contributed by atoms with E-state index in [4.69, 9.17) is 20.8 Å². The van der Waals surface area contributed by atoms with Gasteiger partial charge in [0.2, 0.25) is 10.0 Å². The van der Waals surface area contributed by atoms with Crippen molar-refractivity contribution in [2.24, 2.45) is 0 Å². The summed E-state index contributed by atoms with van der Waals surface area (Å²) in [6, 6.07) is 15.6. The molecule has 0 radical (unpaired) electrons. The van der Waals surface area contributed by atoms with E-state index in [0.717, 1.165) is 66.2 Å². The first-order chi connectivity index (χ1) is 20.6.